The minimum Gasteiger partial charge on any atom is -0.480 e. The summed E-state index contributed by atoms with van der Waals surface area (Å²) in [6.45, 7) is 3.48. The van der Waals surface area contributed by atoms with Gasteiger partial charge in [-0.15, -0.1) is 0 Å². The van der Waals surface area contributed by atoms with Gasteiger partial charge in [0, 0.05) is 5.56 Å². The lowest BCUT2D eigenvalue weighted by Crippen LogP contribution is -2.43. The van der Waals surface area contributed by atoms with Gasteiger partial charge in [0.2, 0.25) is 5.91 Å². The van der Waals surface area contributed by atoms with Crippen molar-refractivity contribution in [3.63, 3.8) is 0 Å². The molecule has 1 heterocycles. The fourth-order valence-corrected chi connectivity index (χ4v) is 1.74. The first kappa shape index (κ1) is 11.6. The monoisotopic (exact) mass is 238 g/mol. The molecular formula is C11H14N2O4. The highest BCUT2D eigenvalue weighted by Crippen LogP contribution is 2.35. The fraction of sp³-hybridized carbons (Fsp3) is 0.545. The molecule has 1 fully saturated rings. The second-order valence-electron chi connectivity index (χ2n) is 4.41. The number of carbonyl (C=O) groups is 2. The Bertz CT molecular complexity index is 454. The van der Waals surface area contributed by atoms with Crippen LogP contribution in [0.15, 0.2) is 4.52 Å². The highest BCUT2D eigenvalue weighted by atomic mass is 16.5. The van der Waals surface area contributed by atoms with Gasteiger partial charge in [-0.05, 0) is 26.7 Å². The Balaban J connectivity index is 2.01. The molecule has 1 amide bonds. The van der Waals surface area contributed by atoms with Gasteiger partial charge in [-0.1, -0.05) is 5.16 Å². The molecule has 0 spiro atoms. The van der Waals surface area contributed by atoms with E-state index in [9.17, 15) is 9.59 Å². The zero-order valence-corrected chi connectivity index (χ0v) is 9.74. The largest absolute Gasteiger partial charge is 0.480 e. The minimum atomic E-state index is -1.03. The number of aromatic nitrogens is 1. The van der Waals surface area contributed by atoms with Crippen LogP contribution >= 0.6 is 0 Å². The number of carbonyl (C=O) groups excluding carboxylic acids is 1. The maximum absolute atomic E-state index is 11.7. The summed E-state index contributed by atoms with van der Waals surface area (Å²) in [6, 6.07) is 0. The zero-order chi connectivity index (χ0) is 12.6. The first-order valence-electron chi connectivity index (χ1n) is 5.41. The van der Waals surface area contributed by atoms with Gasteiger partial charge in [0.05, 0.1) is 12.1 Å². The third-order valence-electron chi connectivity index (χ3n) is 3.06. The SMILES string of the molecule is Cc1noc(C)c1CC(=O)NC1(C(=O)O)CC1. The Morgan fingerprint density at radius 2 is 2.12 bits per heavy atom. The number of nitrogens with one attached hydrogen (secondary N) is 1. The molecular weight excluding hydrogens is 224 g/mol. The number of hydrogen-bond donors (Lipinski definition) is 2. The molecule has 2 rings (SSSR count). The van der Waals surface area contributed by atoms with Crippen LogP contribution in [0.4, 0.5) is 0 Å². The Morgan fingerprint density at radius 1 is 1.47 bits per heavy atom. The highest BCUT2D eigenvalue weighted by molar-refractivity contribution is 5.90. The number of hydrogen-bond acceptors (Lipinski definition) is 4. The van der Waals surface area contributed by atoms with E-state index in [-0.39, 0.29) is 12.3 Å². The van der Waals surface area contributed by atoms with E-state index < -0.39 is 11.5 Å². The number of amides is 1. The van der Waals surface area contributed by atoms with Crippen molar-refractivity contribution in [3.05, 3.63) is 17.0 Å². The van der Waals surface area contributed by atoms with Crippen molar-refractivity contribution < 1.29 is 19.2 Å². The molecule has 2 N–H and O–H groups in total. The van der Waals surface area contributed by atoms with Gasteiger partial charge in [-0.25, -0.2) is 4.79 Å². The van der Waals surface area contributed by atoms with E-state index in [2.05, 4.69) is 10.5 Å². The maximum Gasteiger partial charge on any atom is 0.329 e. The number of carboxylic acid groups (broad SMARTS) is 1. The van der Waals surface area contributed by atoms with Crippen molar-refractivity contribution in [2.75, 3.05) is 0 Å². The summed E-state index contributed by atoms with van der Waals surface area (Å²) >= 11 is 0. The topological polar surface area (TPSA) is 92.4 Å². The predicted molar refractivity (Wildman–Crippen MR) is 57.4 cm³/mol. The molecule has 1 aromatic heterocycles. The lowest BCUT2D eigenvalue weighted by molar-refractivity contribution is -0.143. The average molecular weight is 238 g/mol. The molecule has 0 aromatic carbocycles. The van der Waals surface area contributed by atoms with Gasteiger partial charge in [-0.3, -0.25) is 4.79 Å². The van der Waals surface area contributed by atoms with E-state index in [0.717, 1.165) is 5.56 Å². The lowest BCUT2D eigenvalue weighted by atomic mass is 10.1. The quantitative estimate of drug-likeness (QED) is 0.799. The summed E-state index contributed by atoms with van der Waals surface area (Å²) < 4.78 is 4.94. The summed E-state index contributed by atoms with van der Waals surface area (Å²) in [5.74, 6) is -0.679. The minimum absolute atomic E-state index is 0.107. The molecule has 0 bridgehead atoms. The second-order valence-corrected chi connectivity index (χ2v) is 4.41. The van der Waals surface area contributed by atoms with Crippen LogP contribution in [0.3, 0.4) is 0 Å². The molecule has 0 radical (unpaired) electrons. The Labute approximate surface area is 98.0 Å². The predicted octanol–water partition coefficient (Wildman–Crippen LogP) is 0.567. The molecule has 17 heavy (non-hydrogen) atoms. The van der Waals surface area contributed by atoms with Gasteiger partial charge in [0.1, 0.15) is 11.3 Å². The fourth-order valence-electron chi connectivity index (χ4n) is 1.74. The van der Waals surface area contributed by atoms with Crippen LogP contribution in [-0.2, 0) is 16.0 Å². The Hall–Kier alpha value is -1.85. The standard InChI is InChI=1S/C11H14N2O4/c1-6-8(7(2)17-13-6)5-9(14)12-11(3-4-11)10(15)16/h3-5H2,1-2H3,(H,12,14)(H,15,16). The first-order valence-corrected chi connectivity index (χ1v) is 5.41. The molecule has 0 atom stereocenters. The summed E-state index contributed by atoms with van der Waals surface area (Å²) in [7, 11) is 0. The summed E-state index contributed by atoms with van der Waals surface area (Å²) in [5.41, 5.74) is 0.359. The summed E-state index contributed by atoms with van der Waals surface area (Å²) in [5, 5.41) is 15.2. The smallest absolute Gasteiger partial charge is 0.329 e. The Morgan fingerprint density at radius 3 is 2.53 bits per heavy atom. The molecule has 1 aliphatic carbocycles. The summed E-state index contributed by atoms with van der Waals surface area (Å²) in [6.07, 6.45) is 1.10. The summed E-state index contributed by atoms with van der Waals surface area (Å²) in [4.78, 5) is 22.6. The maximum atomic E-state index is 11.7. The molecule has 1 saturated carbocycles. The lowest BCUT2D eigenvalue weighted by Gasteiger charge is -2.11. The molecule has 1 aromatic rings. The van der Waals surface area contributed by atoms with E-state index in [1.54, 1.807) is 13.8 Å². The van der Waals surface area contributed by atoms with Crippen molar-refractivity contribution in [1.82, 2.24) is 10.5 Å². The number of carboxylic acids is 1. The first-order chi connectivity index (χ1) is 7.94. The van der Waals surface area contributed by atoms with Crippen LogP contribution in [0.25, 0.3) is 0 Å². The third kappa shape index (κ3) is 2.15. The van der Waals surface area contributed by atoms with E-state index in [0.29, 0.717) is 24.3 Å². The van der Waals surface area contributed by atoms with E-state index in [1.165, 1.54) is 0 Å². The average Bonchev–Trinajstić information content (AvgIpc) is 2.97. The zero-order valence-electron chi connectivity index (χ0n) is 9.74. The van der Waals surface area contributed by atoms with Crippen LogP contribution in [0.5, 0.6) is 0 Å². The van der Waals surface area contributed by atoms with Gasteiger partial charge < -0.3 is 14.9 Å². The third-order valence-corrected chi connectivity index (χ3v) is 3.06. The molecule has 1 aliphatic rings. The van der Waals surface area contributed by atoms with Crippen LogP contribution in [0.1, 0.15) is 29.9 Å². The van der Waals surface area contributed by atoms with Crippen LogP contribution in [0, 0.1) is 13.8 Å². The van der Waals surface area contributed by atoms with Crippen molar-refractivity contribution in [2.45, 2.75) is 38.6 Å². The Kier molecular flexibility index (Phi) is 2.65. The highest BCUT2D eigenvalue weighted by Gasteiger charge is 2.51. The van der Waals surface area contributed by atoms with Crippen molar-refractivity contribution in [1.29, 1.82) is 0 Å². The van der Waals surface area contributed by atoms with Gasteiger partial charge in [0.25, 0.3) is 0 Å². The molecule has 6 heteroatoms. The van der Waals surface area contributed by atoms with E-state index >= 15 is 0 Å². The van der Waals surface area contributed by atoms with E-state index in [1.807, 2.05) is 0 Å². The van der Waals surface area contributed by atoms with Gasteiger partial charge in [-0.2, -0.15) is 0 Å². The number of nitrogens with zero attached hydrogens (tertiary/aromatic N) is 1. The molecule has 6 nitrogen and oxygen atoms in total. The van der Waals surface area contributed by atoms with Crippen molar-refractivity contribution in [2.24, 2.45) is 0 Å². The molecule has 92 valence electrons. The van der Waals surface area contributed by atoms with Crippen LogP contribution < -0.4 is 5.32 Å². The molecule has 0 aliphatic heterocycles. The van der Waals surface area contributed by atoms with Crippen molar-refractivity contribution in [3.8, 4) is 0 Å². The van der Waals surface area contributed by atoms with Crippen LogP contribution in [-0.4, -0.2) is 27.7 Å². The van der Waals surface area contributed by atoms with Gasteiger partial charge >= 0.3 is 5.97 Å². The van der Waals surface area contributed by atoms with E-state index in [4.69, 9.17) is 9.63 Å². The number of aryl methyl sites for hydroxylation is 2. The second kappa shape index (κ2) is 3.87. The van der Waals surface area contributed by atoms with Gasteiger partial charge in [0.15, 0.2) is 0 Å². The molecule has 0 saturated heterocycles. The molecule has 0 unspecified atom stereocenters. The number of rotatable bonds is 4. The van der Waals surface area contributed by atoms with Crippen molar-refractivity contribution >= 4 is 11.9 Å². The van der Waals surface area contributed by atoms with Crippen LogP contribution in [0.2, 0.25) is 0 Å². The number of aliphatic carboxylic acids is 1. The normalized spacial score (nSPS) is 16.6.